The summed E-state index contributed by atoms with van der Waals surface area (Å²) in [5.41, 5.74) is 3.51. The third-order valence-electron chi connectivity index (χ3n) is 6.60. The number of anilines is 1. The number of aromatic nitrogens is 6. The highest BCUT2D eigenvalue weighted by atomic mass is 16.5. The Labute approximate surface area is 179 Å². The predicted octanol–water partition coefficient (Wildman–Crippen LogP) is 2.72. The Morgan fingerprint density at radius 1 is 1.03 bits per heavy atom. The fraction of sp³-hybridized carbons (Fsp3) is 0.455. The van der Waals surface area contributed by atoms with E-state index in [-0.39, 0.29) is 0 Å². The lowest BCUT2D eigenvalue weighted by Gasteiger charge is -2.39. The maximum absolute atomic E-state index is 5.51. The molecule has 5 heterocycles. The van der Waals surface area contributed by atoms with Crippen LogP contribution in [-0.2, 0) is 4.74 Å². The van der Waals surface area contributed by atoms with Crippen LogP contribution in [0.4, 0.5) is 5.82 Å². The van der Waals surface area contributed by atoms with Gasteiger partial charge in [-0.15, -0.1) is 0 Å². The molecule has 2 aliphatic rings. The fourth-order valence-corrected chi connectivity index (χ4v) is 4.95. The molecule has 31 heavy (non-hydrogen) atoms. The van der Waals surface area contributed by atoms with Crippen LogP contribution in [0.15, 0.2) is 37.1 Å². The van der Waals surface area contributed by atoms with Crippen molar-refractivity contribution >= 4 is 22.5 Å². The van der Waals surface area contributed by atoms with Gasteiger partial charge in [-0.25, -0.2) is 19.5 Å². The smallest absolute Gasteiger partial charge is 0.153 e. The minimum absolute atomic E-state index is 0.419. The standard InChI is InChI=1S/C22H26N8O/c1-3-16(29-9-11-31-12-10-29)4-2-15(1)27-22-20-17(13-24-21(20)25-14-26-22)18-5-6-19-23-7-8-30(19)28-18/h5-8,13-16H,1-4,9-12H2,(H2,24,25,26,27). The second-order valence-electron chi connectivity index (χ2n) is 8.39. The van der Waals surface area contributed by atoms with E-state index in [1.165, 1.54) is 12.8 Å². The maximum atomic E-state index is 5.51. The average molecular weight is 419 g/mol. The molecule has 4 aromatic rings. The summed E-state index contributed by atoms with van der Waals surface area (Å²) < 4.78 is 7.30. The second-order valence-corrected chi connectivity index (χ2v) is 8.39. The fourth-order valence-electron chi connectivity index (χ4n) is 4.95. The molecule has 2 fully saturated rings. The van der Waals surface area contributed by atoms with Gasteiger partial charge in [0.05, 0.1) is 24.3 Å². The van der Waals surface area contributed by atoms with Crippen LogP contribution in [0.3, 0.4) is 0 Å². The molecule has 4 aromatic heterocycles. The molecule has 0 radical (unpaired) electrons. The Morgan fingerprint density at radius 2 is 1.90 bits per heavy atom. The number of ether oxygens (including phenoxy) is 1. The summed E-state index contributed by atoms with van der Waals surface area (Å²) in [5.74, 6) is 0.878. The third-order valence-corrected chi connectivity index (χ3v) is 6.60. The molecule has 1 saturated heterocycles. The maximum Gasteiger partial charge on any atom is 0.153 e. The first-order chi connectivity index (χ1) is 15.3. The van der Waals surface area contributed by atoms with Gasteiger partial charge in [-0.1, -0.05) is 0 Å². The van der Waals surface area contributed by atoms with Gasteiger partial charge in [-0.2, -0.15) is 5.10 Å². The monoisotopic (exact) mass is 418 g/mol. The molecule has 1 saturated carbocycles. The number of nitrogens with one attached hydrogen (secondary N) is 2. The van der Waals surface area contributed by atoms with E-state index in [4.69, 9.17) is 9.84 Å². The minimum atomic E-state index is 0.419. The van der Waals surface area contributed by atoms with Crippen LogP contribution in [0.5, 0.6) is 0 Å². The molecule has 1 aliphatic carbocycles. The number of nitrogens with zero attached hydrogens (tertiary/aromatic N) is 6. The Morgan fingerprint density at radius 3 is 2.77 bits per heavy atom. The Bertz CT molecular complexity index is 1190. The highest BCUT2D eigenvalue weighted by Crippen LogP contribution is 2.33. The molecule has 0 atom stereocenters. The molecule has 0 bridgehead atoms. The lowest BCUT2D eigenvalue weighted by molar-refractivity contribution is 0.00791. The number of aromatic amines is 1. The van der Waals surface area contributed by atoms with E-state index in [1.807, 2.05) is 24.5 Å². The molecular formula is C22H26N8O. The number of hydrogen-bond acceptors (Lipinski definition) is 7. The van der Waals surface area contributed by atoms with Gasteiger partial charge in [-0.05, 0) is 37.8 Å². The van der Waals surface area contributed by atoms with Gasteiger partial charge >= 0.3 is 0 Å². The first kappa shape index (κ1) is 18.7. The molecule has 0 spiro atoms. The predicted molar refractivity (Wildman–Crippen MR) is 118 cm³/mol. The molecule has 2 N–H and O–H groups in total. The van der Waals surface area contributed by atoms with Crippen LogP contribution in [-0.4, -0.2) is 72.8 Å². The van der Waals surface area contributed by atoms with Crippen molar-refractivity contribution < 1.29 is 4.74 Å². The van der Waals surface area contributed by atoms with E-state index in [0.717, 1.165) is 72.9 Å². The van der Waals surface area contributed by atoms with Crippen LogP contribution in [0.25, 0.3) is 27.9 Å². The van der Waals surface area contributed by atoms with Gasteiger partial charge in [0.25, 0.3) is 0 Å². The zero-order valence-electron chi connectivity index (χ0n) is 17.4. The largest absolute Gasteiger partial charge is 0.379 e. The van der Waals surface area contributed by atoms with Crippen molar-refractivity contribution in [2.45, 2.75) is 37.8 Å². The van der Waals surface area contributed by atoms with Gasteiger partial charge in [0.2, 0.25) is 0 Å². The Kier molecular flexibility index (Phi) is 4.77. The summed E-state index contributed by atoms with van der Waals surface area (Å²) in [7, 11) is 0. The van der Waals surface area contributed by atoms with Crippen LogP contribution in [0, 0.1) is 0 Å². The molecule has 0 amide bonds. The van der Waals surface area contributed by atoms with Crippen LogP contribution >= 0.6 is 0 Å². The SMILES string of the molecule is c1nc(NC2CCC(N3CCOCC3)CC2)c2c(-c3ccc4nccn4n3)c[nH]c2n1. The van der Waals surface area contributed by atoms with E-state index in [1.54, 1.807) is 17.0 Å². The number of fused-ring (bicyclic) bond motifs is 2. The van der Waals surface area contributed by atoms with Gasteiger partial charge in [-0.3, -0.25) is 4.90 Å². The molecule has 0 unspecified atom stereocenters. The first-order valence-corrected chi connectivity index (χ1v) is 11.1. The molecule has 0 aromatic carbocycles. The quantitative estimate of drug-likeness (QED) is 0.526. The van der Waals surface area contributed by atoms with Crippen molar-refractivity contribution in [2.75, 3.05) is 31.6 Å². The van der Waals surface area contributed by atoms with Crippen LogP contribution in [0.1, 0.15) is 25.7 Å². The summed E-state index contributed by atoms with van der Waals surface area (Å²) in [5, 5.41) is 9.42. The van der Waals surface area contributed by atoms with E-state index in [0.29, 0.717) is 12.1 Å². The Balaban J connectivity index is 1.24. The van der Waals surface area contributed by atoms with Crippen molar-refractivity contribution in [1.29, 1.82) is 0 Å². The van der Waals surface area contributed by atoms with Crippen molar-refractivity contribution in [3.8, 4) is 11.3 Å². The van der Waals surface area contributed by atoms with Crippen molar-refractivity contribution in [3.05, 3.63) is 37.1 Å². The highest BCUT2D eigenvalue weighted by molar-refractivity contribution is 6.00. The number of morpholine rings is 1. The number of hydrogen-bond donors (Lipinski definition) is 2. The minimum Gasteiger partial charge on any atom is -0.379 e. The zero-order chi connectivity index (χ0) is 20.6. The van der Waals surface area contributed by atoms with Crippen LogP contribution < -0.4 is 5.32 Å². The van der Waals surface area contributed by atoms with Gasteiger partial charge in [0.1, 0.15) is 17.8 Å². The van der Waals surface area contributed by atoms with Crippen molar-refractivity contribution in [3.63, 3.8) is 0 Å². The van der Waals surface area contributed by atoms with E-state index in [2.05, 4.69) is 30.2 Å². The van der Waals surface area contributed by atoms with Gasteiger partial charge in [0.15, 0.2) is 5.65 Å². The summed E-state index contributed by atoms with van der Waals surface area (Å²) in [6, 6.07) is 5.07. The van der Waals surface area contributed by atoms with Crippen LogP contribution in [0.2, 0.25) is 0 Å². The molecule has 6 rings (SSSR count). The Hall–Kier alpha value is -3.04. The molecular weight excluding hydrogens is 392 g/mol. The number of rotatable bonds is 4. The normalized spacial score (nSPS) is 22.8. The summed E-state index contributed by atoms with van der Waals surface area (Å²) in [4.78, 5) is 19.2. The second kappa shape index (κ2) is 7.90. The molecule has 160 valence electrons. The molecule has 9 nitrogen and oxygen atoms in total. The highest BCUT2D eigenvalue weighted by Gasteiger charge is 2.27. The lowest BCUT2D eigenvalue weighted by atomic mass is 9.90. The van der Waals surface area contributed by atoms with Gasteiger partial charge in [0, 0.05) is 49.3 Å². The number of H-pyrrole nitrogens is 1. The summed E-state index contributed by atoms with van der Waals surface area (Å²) >= 11 is 0. The first-order valence-electron chi connectivity index (χ1n) is 11.1. The van der Waals surface area contributed by atoms with Crippen molar-refractivity contribution in [1.82, 2.24) is 34.4 Å². The zero-order valence-corrected chi connectivity index (χ0v) is 17.4. The van der Waals surface area contributed by atoms with E-state index in [9.17, 15) is 0 Å². The topological polar surface area (TPSA) is 96.3 Å². The lowest BCUT2D eigenvalue weighted by Crippen LogP contribution is -2.46. The molecule has 9 heteroatoms. The average Bonchev–Trinajstić information content (AvgIpc) is 3.47. The van der Waals surface area contributed by atoms with Crippen molar-refractivity contribution in [2.24, 2.45) is 0 Å². The third kappa shape index (κ3) is 3.53. The van der Waals surface area contributed by atoms with Gasteiger partial charge < -0.3 is 15.0 Å². The van der Waals surface area contributed by atoms with E-state index < -0.39 is 0 Å². The molecule has 1 aliphatic heterocycles. The van der Waals surface area contributed by atoms with E-state index >= 15 is 0 Å². The number of imidazole rings is 1. The summed E-state index contributed by atoms with van der Waals surface area (Å²) in [6.07, 6.45) is 11.9. The summed E-state index contributed by atoms with van der Waals surface area (Å²) in [6.45, 7) is 3.87.